The van der Waals surface area contributed by atoms with Gasteiger partial charge in [0.15, 0.2) is 0 Å². The molecule has 0 aliphatic carbocycles. The van der Waals surface area contributed by atoms with E-state index in [0.717, 1.165) is 16.1 Å². The van der Waals surface area contributed by atoms with Crippen molar-refractivity contribution in [3.05, 3.63) is 67.9 Å². The number of rotatable bonds is 2. The smallest absolute Gasteiger partial charge is 0.263 e. The SMILES string of the molecule is Cc1cc(C2=CC(c3cc(Cl)cc(Cl)c3)(C(F)(F)F)ON2)ncc1Br. The van der Waals surface area contributed by atoms with Crippen molar-refractivity contribution in [2.24, 2.45) is 0 Å². The molecule has 0 fully saturated rings. The summed E-state index contributed by atoms with van der Waals surface area (Å²) in [7, 11) is 0. The van der Waals surface area contributed by atoms with Crippen LogP contribution in [-0.4, -0.2) is 11.2 Å². The van der Waals surface area contributed by atoms with Gasteiger partial charge in [0.05, 0.1) is 11.4 Å². The number of pyridine rings is 1. The van der Waals surface area contributed by atoms with E-state index in [1.54, 1.807) is 13.0 Å². The molecule has 3 rings (SSSR count). The number of benzene rings is 1. The van der Waals surface area contributed by atoms with Crippen molar-refractivity contribution in [2.45, 2.75) is 18.7 Å². The molecular weight excluding hydrogens is 444 g/mol. The Labute approximate surface area is 159 Å². The van der Waals surface area contributed by atoms with Crippen LogP contribution in [-0.2, 0) is 10.4 Å². The molecule has 0 radical (unpaired) electrons. The lowest BCUT2D eigenvalue weighted by Crippen LogP contribution is -2.42. The first-order valence-corrected chi connectivity index (χ1v) is 8.50. The minimum atomic E-state index is -4.75. The second-order valence-corrected chi connectivity index (χ2v) is 7.20. The fraction of sp³-hybridized carbons (Fsp3) is 0.188. The van der Waals surface area contributed by atoms with E-state index in [2.05, 4.69) is 26.4 Å². The van der Waals surface area contributed by atoms with Crippen LogP contribution in [0.1, 0.15) is 16.8 Å². The first-order valence-electron chi connectivity index (χ1n) is 6.95. The largest absolute Gasteiger partial charge is 0.428 e. The molecule has 2 aromatic rings. The highest BCUT2D eigenvalue weighted by Crippen LogP contribution is 2.48. The maximum Gasteiger partial charge on any atom is 0.428 e. The molecule has 9 heteroatoms. The molecule has 1 aliphatic rings. The van der Waals surface area contributed by atoms with Gasteiger partial charge in [0.1, 0.15) is 0 Å². The van der Waals surface area contributed by atoms with Gasteiger partial charge < -0.3 is 0 Å². The Balaban J connectivity index is 2.15. The summed E-state index contributed by atoms with van der Waals surface area (Å²) in [5.41, 5.74) is 0.624. The van der Waals surface area contributed by atoms with Crippen LogP contribution in [0.2, 0.25) is 10.0 Å². The fourth-order valence-corrected chi connectivity index (χ4v) is 3.17. The minimum Gasteiger partial charge on any atom is -0.263 e. The maximum atomic E-state index is 13.9. The van der Waals surface area contributed by atoms with Gasteiger partial charge in [-0.1, -0.05) is 23.2 Å². The second kappa shape index (κ2) is 6.46. The molecule has 1 unspecified atom stereocenters. The van der Waals surface area contributed by atoms with Crippen LogP contribution in [0.4, 0.5) is 13.2 Å². The minimum absolute atomic E-state index is 0.0780. The van der Waals surface area contributed by atoms with Crippen molar-refractivity contribution < 1.29 is 18.0 Å². The molecule has 1 aromatic carbocycles. The van der Waals surface area contributed by atoms with Crippen molar-refractivity contribution in [1.29, 1.82) is 0 Å². The highest BCUT2D eigenvalue weighted by molar-refractivity contribution is 9.10. The van der Waals surface area contributed by atoms with Gasteiger partial charge in [0.2, 0.25) is 5.60 Å². The molecular formula is C16H10BrCl2F3N2O. The van der Waals surface area contributed by atoms with E-state index in [1.807, 2.05) is 0 Å². The maximum absolute atomic E-state index is 13.9. The molecule has 0 spiro atoms. The summed E-state index contributed by atoms with van der Waals surface area (Å²) in [6.45, 7) is 1.80. The number of halogens is 6. The van der Waals surface area contributed by atoms with E-state index in [0.29, 0.717) is 5.69 Å². The van der Waals surface area contributed by atoms with Gasteiger partial charge in [-0.2, -0.15) is 13.2 Å². The van der Waals surface area contributed by atoms with Gasteiger partial charge in [0, 0.05) is 26.3 Å². The predicted molar refractivity (Wildman–Crippen MR) is 93.1 cm³/mol. The Bertz CT molecular complexity index is 853. The number of hydrogen-bond acceptors (Lipinski definition) is 3. The normalized spacial score (nSPS) is 20.4. The summed E-state index contributed by atoms with van der Waals surface area (Å²) >= 11 is 15.0. The molecule has 1 aromatic heterocycles. The monoisotopic (exact) mass is 452 g/mol. The third kappa shape index (κ3) is 3.38. The first-order chi connectivity index (χ1) is 11.6. The lowest BCUT2D eigenvalue weighted by Gasteiger charge is -2.28. The fourth-order valence-electron chi connectivity index (χ4n) is 2.42. The number of nitrogens with one attached hydrogen (secondary N) is 1. The van der Waals surface area contributed by atoms with Gasteiger partial charge in [-0.15, -0.1) is 0 Å². The molecule has 0 saturated heterocycles. The Kier molecular flexibility index (Phi) is 4.79. The Morgan fingerprint density at radius 3 is 2.36 bits per heavy atom. The van der Waals surface area contributed by atoms with E-state index >= 15 is 0 Å². The van der Waals surface area contributed by atoms with E-state index in [-0.39, 0.29) is 21.3 Å². The zero-order chi connectivity index (χ0) is 18.4. The highest BCUT2D eigenvalue weighted by atomic mass is 79.9. The third-order valence-electron chi connectivity index (χ3n) is 3.70. The molecule has 25 heavy (non-hydrogen) atoms. The number of aromatic nitrogens is 1. The van der Waals surface area contributed by atoms with Crippen LogP contribution in [0.3, 0.4) is 0 Å². The summed E-state index contributed by atoms with van der Waals surface area (Å²) in [4.78, 5) is 9.12. The average molecular weight is 454 g/mol. The van der Waals surface area contributed by atoms with E-state index in [1.165, 1.54) is 24.4 Å². The van der Waals surface area contributed by atoms with Gasteiger partial charge in [0.25, 0.3) is 0 Å². The number of aryl methyl sites for hydroxylation is 1. The first kappa shape index (κ1) is 18.5. The summed E-state index contributed by atoms with van der Waals surface area (Å²) in [5, 5.41) is 0.156. The van der Waals surface area contributed by atoms with Crippen molar-refractivity contribution in [3.8, 4) is 0 Å². The Morgan fingerprint density at radius 2 is 1.80 bits per heavy atom. The van der Waals surface area contributed by atoms with Crippen LogP contribution >= 0.6 is 39.1 Å². The van der Waals surface area contributed by atoms with E-state index in [4.69, 9.17) is 28.0 Å². The molecule has 1 aliphatic heterocycles. The second-order valence-electron chi connectivity index (χ2n) is 5.47. The van der Waals surface area contributed by atoms with Crippen molar-refractivity contribution in [3.63, 3.8) is 0 Å². The summed E-state index contributed by atoms with van der Waals surface area (Å²) in [6, 6.07) is 5.33. The van der Waals surface area contributed by atoms with E-state index < -0.39 is 11.8 Å². The number of nitrogens with zero attached hydrogens (tertiary/aromatic N) is 1. The van der Waals surface area contributed by atoms with Crippen molar-refractivity contribution >= 4 is 44.8 Å². The Morgan fingerprint density at radius 1 is 1.16 bits per heavy atom. The summed E-state index contributed by atoms with van der Waals surface area (Å²) in [6.07, 6.45) is -2.30. The zero-order valence-corrected chi connectivity index (χ0v) is 15.7. The molecule has 1 N–H and O–H groups in total. The number of alkyl halides is 3. The highest BCUT2D eigenvalue weighted by Gasteiger charge is 2.59. The van der Waals surface area contributed by atoms with Crippen LogP contribution < -0.4 is 5.48 Å². The quantitative estimate of drug-likeness (QED) is 0.624. The van der Waals surface area contributed by atoms with Crippen LogP contribution in [0.15, 0.2) is 41.0 Å². The summed E-state index contributed by atoms with van der Waals surface area (Å²) in [5.74, 6) is 0. The van der Waals surface area contributed by atoms with Crippen LogP contribution in [0, 0.1) is 6.92 Å². The van der Waals surface area contributed by atoms with Crippen LogP contribution in [0.25, 0.3) is 5.70 Å². The summed E-state index contributed by atoms with van der Waals surface area (Å²) < 4.78 is 42.4. The van der Waals surface area contributed by atoms with Gasteiger partial charge in [-0.3, -0.25) is 15.3 Å². The van der Waals surface area contributed by atoms with Gasteiger partial charge >= 0.3 is 6.18 Å². The lowest BCUT2D eigenvalue weighted by atomic mass is 9.92. The molecule has 3 nitrogen and oxygen atoms in total. The van der Waals surface area contributed by atoms with E-state index in [9.17, 15) is 13.2 Å². The average Bonchev–Trinajstić information content (AvgIpc) is 2.95. The number of hydroxylamine groups is 1. The van der Waals surface area contributed by atoms with Crippen molar-refractivity contribution in [1.82, 2.24) is 10.5 Å². The molecule has 132 valence electrons. The molecule has 1 atom stereocenters. The van der Waals surface area contributed by atoms with Crippen molar-refractivity contribution in [2.75, 3.05) is 0 Å². The lowest BCUT2D eigenvalue weighted by molar-refractivity contribution is -0.269. The topological polar surface area (TPSA) is 34.1 Å². The third-order valence-corrected chi connectivity index (χ3v) is 4.97. The van der Waals surface area contributed by atoms with Crippen LogP contribution in [0.5, 0.6) is 0 Å². The Hall–Kier alpha value is -1.28. The zero-order valence-electron chi connectivity index (χ0n) is 12.6. The van der Waals surface area contributed by atoms with Gasteiger partial charge in [-0.05, 0) is 58.8 Å². The predicted octanol–water partition coefficient (Wildman–Crippen LogP) is 5.79. The molecule has 0 saturated carbocycles. The number of hydrogen-bond donors (Lipinski definition) is 1. The molecule has 0 bridgehead atoms. The molecule has 0 amide bonds. The standard InChI is InChI=1S/C16H10BrCl2F3N2O/c1-8-2-13(23-7-12(8)17)14-6-15(25-24-14,16(20,21)22)9-3-10(18)5-11(19)4-9/h2-7,24H,1H3. The van der Waals surface area contributed by atoms with Gasteiger partial charge in [-0.25, -0.2) is 0 Å². The molecule has 2 heterocycles.